The summed E-state index contributed by atoms with van der Waals surface area (Å²) in [5, 5.41) is 29.2. The lowest BCUT2D eigenvalue weighted by atomic mass is 9.78. The van der Waals surface area contributed by atoms with Crippen molar-refractivity contribution in [3.63, 3.8) is 0 Å². The van der Waals surface area contributed by atoms with Gasteiger partial charge in [-0.25, -0.2) is 0 Å². The highest BCUT2D eigenvalue weighted by molar-refractivity contribution is 6.60. The Bertz CT molecular complexity index is 779. The number of rotatable bonds is 9. The fourth-order valence-electron chi connectivity index (χ4n) is 3.79. The second-order valence-electron chi connectivity index (χ2n) is 7.49. The van der Waals surface area contributed by atoms with Crippen LogP contribution in [0.5, 0.6) is 0 Å². The van der Waals surface area contributed by atoms with Gasteiger partial charge in [-0.3, -0.25) is 0 Å². The van der Waals surface area contributed by atoms with Crippen LogP contribution >= 0.6 is 0 Å². The van der Waals surface area contributed by atoms with Gasteiger partial charge in [0.2, 0.25) is 0 Å². The quantitative estimate of drug-likeness (QED) is 0.506. The van der Waals surface area contributed by atoms with Crippen LogP contribution in [0, 0.1) is 5.92 Å². The van der Waals surface area contributed by atoms with Crippen LogP contribution in [0.3, 0.4) is 0 Å². The first kappa shape index (κ1) is 20.2. The number of hydrogen-bond acceptors (Lipinski definition) is 4. The van der Waals surface area contributed by atoms with Crippen molar-refractivity contribution in [3.05, 3.63) is 47.5 Å². The monoisotopic (exact) mass is 366 g/mol. The topological polar surface area (TPSA) is 69.9 Å². The molecule has 3 N–H and O–H groups in total. The van der Waals surface area contributed by atoms with Crippen molar-refractivity contribution in [1.82, 2.24) is 0 Å². The van der Waals surface area contributed by atoms with Gasteiger partial charge in [0.1, 0.15) is 0 Å². The maximum absolute atomic E-state index is 10.5. The van der Waals surface area contributed by atoms with E-state index >= 15 is 0 Å². The Morgan fingerprint density at radius 3 is 2.19 bits per heavy atom. The van der Waals surface area contributed by atoms with Crippen molar-refractivity contribution in [1.29, 1.82) is 0 Å². The summed E-state index contributed by atoms with van der Waals surface area (Å²) >= 11 is 0. The standard InChI is InChI=1S/C21H28B2O4/c1-3-5-6-15(4-2)14-27-23(26)19-8-10-21-17(13-19)11-16-12-18(22(24)25)7-9-20(16)21/h7-10,12-13,15,24-26H,3-6,11,14H2,1-2H3. The van der Waals surface area contributed by atoms with Gasteiger partial charge in [0.15, 0.2) is 0 Å². The molecule has 0 bridgehead atoms. The molecule has 0 saturated heterocycles. The summed E-state index contributed by atoms with van der Waals surface area (Å²) in [4.78, 5) is 0. The molecule has 0 radical (unpaired) electrons. The smallest absolute Gasteiger partial charge is 0.423 e. The highest BCUT2D eigenvalue weighted by atomic mass is 16.5. The highest BCUT2D eigenvalue weighted by Crippen LogP contribution is 2.35. The third-order valence-corrected chi connectivity index (χ3v) is 5.55. The van der Waals surface area contributed by atoms with Crippen molar-refractivity contribution in [2.24, 2.45) is 5.92 Å². The third kappa shape index (κ3) is 4.64. The molecule has 6 heteroatoms. The molecule has 0 spiro atoms. The molecule has 1 unspecified atom stereocenters. The lowest BCUT2D eigenvalue weighted by Crippen LogP contribution is -2.35. The molecule has 2 aromatic rings. The van der Waals surface area contributed by atoms with E-state index in [0.717, 1.165) is 47.0 Å². The summed E-state index contributed by atoms with van der Waals surface area (Å²) in [6.45, 7) is 4.93. The third-order valence-electron chi connectivity index (χ3n) is 5.55. The first-order valence-electron chi connectivity index (χ1n) is 9.95. The maximum atomic E-state index is 10.5. The van der Waals surface area contributed by atoms with Crippen molar-refractivity contribution in [2.75, 3.05) is 6.61 Å². The minimum absolute atomic E-state index is 0.488. The predicted molar refractivity (Wildman–Crippen MR) is 111 cm³/mol. The normalized spacial score (nSPS) is 13.2. The zero-order valence-corrected chi connectivity index (χ0v) is 16.2. The van der Waals surface area contributed by atoms with Gasteiger partial charge in [0.25, 0.3) is 0 Å². The predicted octanol–water partition coefficient (Wildman–Crippen LogP) is 1.86. The summed E-state index contributed by atoms with van der Waals surface area (Å²) in [5.74, 6) is 0.488. The Labute approximate surface area is 162 Å². The zero-order chi connectivity index (χ0) is 19.4. The Morgan fingerprint density at radius 2 is 1.59 bits per heavy atom. The van der Waals surface area contributed by atoms with Crippen LogP contribution in [-0.2, 0) is 11.1 Å². The van der Waals surface area contributed by atoms with Crippen molar-refractivity contribution in [3.8, 4) is 11.1 Å². The van der Waals surface area contributed by atoms with Crippen LogP contribution in [0.1, 0.15) is 50.7 Å². The molecule has 27 heavy (non-hydrogen) atoms. The van der Waals surface area contributed by atoms with Gasteiger partial charge in [-0.05, 0) is 51.9 Å². The molecule has 0 amide bonds. The molecular weight excluding hydrogens is 338 g/mol. The van der Waals surface area contributed by atoms with E-state index in [9.17, 15) is 15.1 Å². The summed E-state index contributed by atoms with van der Waals surface area (Å²) < 4.78 is 5.76. The molecule has 1 aliphatic rings. The van der Waals surface area contributed by atoms with E-state index in [2.05, 4.69) is 13.8 Å². The molecule has 0 fully saturated rings. The Morgan fingerprint density at radius 1 is 0.963 bits per heavy atom. The van der Waals surface area contributed by atoms with Gasteiger partial charge in [-0.1, -0.05) is 69.5 Å². The molecule has 4 nitrogen and oxygen atoms in total. The van der Waals surface area contributed by atoms with E-state index in [-0.39, 0.29) is 0 Å². The summed E-state index contributed by atoms with van der Waals surface area (Å²) in [5.41, 5.74) is 5.73. The van der Waals surface area contributed by atoms with Crippen molar-refractivity contribution < 1.29 is 19.7 Å². The second-order valence-corrected chi connectivity index (χ2v) is 7.49. The fraction of sp³-hybridized carbons (Fsp3) is 0.429. The van der Waals surface area contributed by atoms with Gasteiger partial charge in [-0.2, -0.15) is 0 Å². The fourth-order valence-corrected chi connectivity index (χ4v) is 3.79. The minimum Gasteiger partial charge on any atom is -0.423 e. The van der Waals surface area contributed by atoms with E-state index in [4.69, 9.17) is 4.65 Å². The van der Waals surface area contributed by atoms with Gasteiger partial charge >= 0.3 is 14.2 Å². The highest BCUT2D eigenvalue weighted by Gasteiger charge is 2.25. The SMILES string of the molecule is CCCCC(CC)COB(O)c1ccc2c(c1)Cc1cc(B(O)O)ccc1-2. The van der Waals surface area contributed by atoms with Crippen molar-refractivity contribution in [2.45, 2.75) is 46.0 Å². The van der Waals surface area contributed by atoms with Gasteiger partial charge in [0.05, 0.1) is 0 Å². The first-order chi connectivity index (χ1) is 13.0. The first-order valence-corrected chi connectivity index (χ1v) is 9.95. The minimum atomic E-state index is -1.45. The van der Waals surface area contributed by atoms with Gasteiger partial charge in [0, 0.05) is 6.61 Å². The average Bonchev–Trinajstić information content (AvgIpc) is 3.04. The van der Waals surface area contributed by atoms with Crippen LogP contribution in [0.25, 0.3) is 11.1 Å². The number of benzene rings is 2. The lowest BCUT2D eigenvalue weighted by Gasteiger charge is -2.17. The Kier molecular flexibility index (Phi) is 6.77. The van der Waals surface area contributed by atoms with Crippen LogP contribution in [0.2, 0.25) is 0 Å². The van der Waals surface area contributed by atoms with Crippen LogP contribution < -0.4 is 10.9 Å². The number of fused-ring (bicyclic) bond motifs is 3. The van der Waals surface area contributed by atoms with Crippen LogP contribution in [-0.4, -0.2) is 35.9 Å². The van der Waals surface area contributed by atoms with Crippen molar-refractivity contribution >= 4 is 25.2 Å². The summed E-state index contributed by atoms with van der Waals surface area (Å²) in [6.07, 6.45) is 5.29. The number of unbranched alkanes of at least 4 members (excludes halogenated alkanes) is 1. The molecule has 142 valence electrons. The Balaban J connectivity index is 1.68. The molecular formula is C21H28B2O4. The van der Waals surface area contributed by atoms with Crippen LogP contribution in [0.4, 0.5) is 0 Å². The lowest BCUT2D eigenvalue weighted by molar-refractivity contribution is 0.205. The molecule has 0 saturated carbocycles. The summed E-state index contributed by atoms with van der Waals surface area (Å²) in [7, 11) is -2.37. The van der Waals surface area contributed by atoms with E-state index < -0.39 is 14.2 Å². The zero-order valence-electron chi connectivity index (χ0n) is 16.2. The number of hydrogen-bond donors (Lipinski definition) is 3. The average molecular weight is 366 g/mol. The molecule has 1 aliphatic carbocycles. The molecule has 2 aromatic carbocycles. The van der Waals surface area contributed by atoms with Crippen LogP contribution in [0.15, 0.2) is 36.4 Å². The Hall–Kier alpha value is -1.59. The van der Waals surface area contributed by atoms with Gasteiger partial charge in [-0.15, -0.1) is 0 Å². The van der Waals surface area contributed by atoms with E-state index in [1.54, 1.807) is 6.07 Å². The molecule has 1 atom stereocenters. The largest absolute Gasteiger partial charge is 0.491 e. The van der Waals surface area contributed by atoms with E-state index in [1.165, 1.54) is 12.8 Å². The molecule has 0 heterocycles. The molecule has 3 rings (SSSR count). The summed E-state index contributed by atoms with van der Waals surface area (Å²) in [6, 6.07) is 11.5. The molecule has 0 aliphatic heterocycles. The molecule has 0 aromatic heterocycles. The van der Waals surface area contributed by atoms with E-state index in [1.807, 2.05) is 30.3 Å². The maximum Gasteiger partial charge on any atom is 0.491 e. The second kappa shape index (κ2) is 9.07. The van der Waals surface area contributed by atoms with Gasteiger partial charge < -0.3 is 19.7 Å². The van der Waals surface area contributed by atoms with E-state index in [0.29, 0.717) is 18.0 Å².